The summed E-state index contributed by atoms with van der Waals surface area (Å²) >= 11 is 0. The predicted octanol–water partition coefficient (Wildman–Crippen LogP) is 3.09. The zero-order valence-corrected chi connectivity index (χ0v) is 13.7. The quantitative estimate of drug-likeness (QED) is 0.676. The summed E-state index contributed by atoms with van der Waals surface area (Å²) in [4.78, 5) is 12.3. The highest BCUT2D eigenvalue weighted by Crippen LogP contribution is 2.64. The highest BCUT2D eigenvalue weighted by atomic mass is 16.3. The van der Waals surface area contributed by atoms with Gasteiger partial charge in [-0.25, -0.2) is 0 Å². The van der Waals surface area contributed by atoms with Crippen LogP contribution < -0.4 is 5.73 Å². The van der Waals surface area contributed by atoms with E-state index in [4.69, 9.17) is 5.73 Å². The lowest BCUT2D eigenvalue weighted by atomic mass is 9.51. The molecule has 4 rings (SSSR count). The SMILES string of the molecule is C[C@]12CCCCC1=CC=C1[C@H]2CC[C@@]2(C)[C@H]1CC(=O)C2(N)O. The molecule has 0 heterocycles. The van der Waals surface area contributed by atoms with Crippen LogP contribution in [0.3, 0.4) is 0 Å². The third-order valence-corrected chi connectivity index (χ3v) is 7.58. The maximum atomic E-state index is 12.3. The van der Waals surface area contributed by atoms with Crippen LogP contribution in [-0.4, -0.2) is 16.6 Å². The molecule has 3 heteroatoms. The first-order chi connectivity index (χ1) is 10.3. The first-order valence-corrected chi connectivity index (χ1v) is 8.76. The minimum atomic E-state index is -1.65. The molecule has 3 saturated carbocycles. The molecular formula is C19H27NO2. The average Bonchev–Trinajstić information content (AvgIpc) is 2.66. The van der Waals surface area contributed by atoms with Crippen molar-refractivity contribution in [3.63, 3.8) is 0 Å². The monoisotopic (exact) mass is 301 g/mol. The minimum absolute atomic E-state index is 0.116. The number of aliphatic hydroxyl groups is 1. The highest BCUT2D eigenvalue weighted by Gasteiger charge is 2.64. The number of carbonyl (C=O) groups excluding carboxylic acids is 1. The van der Waals surface area contributed by atoms with E-state index in [-0.39, 0.29) is 17.1 Å². The molecule has 4 aliphatic rings. The van der Waals surface area contributed by atoms with Crippen molar-refractivity contribution < 1.29 is 9.90 Å². The maximum absolute atomic E-state index is 12.3. The van der Waals surface area contributed by atoms with Gasteiger partial charge in [0.05, 0.1) is 0 Å². The summed E-state index contributed by atoms with van der Waals surface area (Å²) in [6, 6.07) is 0. The third-order valence-electron chi connectivity index (χ3n) is 7.58. The fourth-order valence-corrected chi connectivity index (χ4v) is 5.90. The normalized spacial score (nSPS) is 50.6. The molecule has 5 atom stereocenters. The van der Waals surface area contributed by atoms with Crippen LogP contribution in [0.2, 0.25) is 0 Å². The van der Waals surface area contributed by atoms with E-state index in [1.54, 1.807) is 5.57 Å². The van der Waals surface area contributed by atoms with Crippen molar-refractivity contribution in [2.24, 2.45) is 28.4 Å². The molecule has 22 heavy (non-hydrogen) atoms. The maximum Gasteiger partial charge on any atom is 0.180 e. The van der Waals surface area contributed by atoms with Gasteiger partial charge in [-0.3, -0.25) is 10.5 Å². The third kappa shape index (κ3) is 1.57. The second kappa shape index (κ2) is 4.33. The molecule has 1 unspecified atom stereocenters. The van der Waals surface area contributed by atoms with Crippen LogP contribution in [0.5, 0.6) is 0 Å². The van der Waals surface area contributed by atoms with Gasteiger partial charge in [-0.15, -0.1) is 0 Å². The average molecular weight is 301 g/mol. The summed E-state index contributed by atoms with van der Waals surface area (Å²) in [5.41, 5.74) is 7.16. The summed E-state index contributed by atoms with van der Waals surface area (Å²) in [7, 11) is 0. The Hall–Kier alpha value is -0.930. The van der Waals surface area contributed by atoms with Gasteiger partial charge in [-0.05, 0) is 49.4 Å². The Morgan fingerprint density at radius 2 is 1.95 bits per heavy atom. The molecule has 0 radical (unpaired) electrons. The first kappa shape index (κ1) is 14.6. The van der Waals surface area contributed by atoms with Gasteiger partial charge in [-0.2, -0.15) is 0 Å². The molecule has 4 aliphatic carbocycles. The standard InChI is InChI=1S/C19H27NO2/c1-17-9-4-3-5-12(17)6-7-13-14(17)8-10-18(2)15(13)11-16(21)19(18,20)22/h6-7,14-15,22H,3-5,8-11,20H2,1-2H3/t14-,15+,17+,18+,19?/m1/s1. The van der Waals surface area contributed by atoms with Crippen LogP contribution in [0.4, 0.5) is 0 Å². The molecule has 3 N–H and O–H groups in total. The van der Waals surface area contributed by atoms with Gasteiger partial charge in [0.2, 0.25) is 0 Å². The summed E-state index contributed by atoms with van der Waals surface area (Å²) in [6.07, 6.45) is 12.0. The second-order valence-electron chi connectivity index (χ2n) is 8.44. The van der Waals surface area contributed by atoms with Gasteiger partial charge in [0.1, 0.15) is 0 Å². The summed E-state index contributed by atoms with van der Waals surface area (Å²) in [6.45, 7) is 4.44. The van der Waals surface area contributed by atoms with Crippen LogP contribution in [0, 0.1) is 22.7 Å². The smallest absolute Gasteiger partial charge is 0.180 e. The number of hydrogen-bond donors (Lipinski definition) is 2. The van der Waals surface area contributed by atoms with Gasteiger partial charge in [0.25, 0.3) is 0 Å². The zero-order chi connectivity index (χ0) is 15.8. The Bertz CT molecular complexity index is 603. The van der Waals surface area contributed by atoms with Gasteiger partial charge < -0.3 is 5.11 Å². The summed E-state index contributed by atoms with van der Waals surface area (Å²) in [5.74, 6) is 0.475. The molecule has 0 aromatic rings. The lowest BCUT2D eigenvalue weighted by Gasteiger charge is -2.54. The molecule has 0 amide bonds. The number of allylic oxidation sites excluding steroid dienone is 4. The highest BCUT2D eigenvalue weighted by molar-refractivity contribution is 5.91. The number of hydrogen-bond acceptors (Lipinski definition) is 3. The topological polar surface area (TPSA) is 63.3 Å². The molecule has 0 bridgehead atoms. The van der Waals surface area contributed by atoms with E-state index in [0.717, 1.165) is 12.8 Å². The Balaban J connectivity index is 1.79. The summed E-state index contributed by atoms with van der Waals surface area (Å²) in [5, 5.41) is 10.6. The molecule has 120 valence electrons. The molecule has 0 spiro atoms. The number of fused-ring (bicyclic) bond motifs is 5. The molecule has 0 aliphatic heterocycles. The van der Waals surface area contributed by atoms with Crippen molar-refractivity contribution in [3.05, 3.63) is 23.3 Å². The largest absolute Gasteiger partial charge is 0.369 e. The van der Waals surface area contributed by atoms with Gasteiger partial charge in [-0.1, -0.05) is 43.6 Å². The second-order valence-corrected chi connectivity index (χ2v) is 8.44. The van der Waals surface area contributed by atoms with Crippen LogP contribution in [0.1, 0.15) is 58.8 Å². The molecule has 0 aromatic heterocycles. The van der Waals surface area contributed by atoms with Crippen molar-refractivity contribution in [1.82, 2.24) is 0 Å². The van der Waals surface area contributed by atoms with Crippen LogP contribution in [0.15, 0.2) is 23.3 Å². The Labute approximate surface area is 132 Å². The Morgan fingerprint density at radius 3 is 2.73 bits per heavy atom. The fourth-order valence-electron chi connectivity index (χ4n) is 5.90. The Morgan fingerprint density at radius 1 is 1.18 bits per heavy atom. The van der Waals surface area contributed by atoms with E-state index < -0.39 is 11.1 Å². The Kier molecular flexibility index (Phi) is 2.88. The number of rotatable bonds is 0. The summed E-state index contributed by atoms with van der Waals surface area (Å²) < 4.78 is 0. The van der Waals surface area contributed by atoms with E-state index in [9.17, 15) is 9.90 Å². The number of Topliss-reactive ketones (excluding diaryl/α,β-unsaturated/α-hetero) is 1. The van der Waals surface area contributed by atoms with Gasteiger partial charge in [0.15, 0.2) is 11.5 Å². The van der Waals surface area contributed by atoms with E-state index in [1.165, 1.54) is 31.3 Å². The molecular weight excluding hydrogens is 274 g/mol. The molecule has 0 aromatic carbocycles. The van der Waals surface area contributed by atoms with E-state index in [0.29, 0.717) is 12.3 Å². The van der Waals surface area contributed by atoms with Crippen molar-refractivity contribution in [3.8, 4) is 0 Å². The fraction of sp³-hybridized carbons (Fsp3) is 0.737. The van der Waals surface area contributed by atoms with Crippen LogP contribution >= 0.6 is 0 Å². The first-order valence-electron chi connectivity index (χ1n) is 8.76. The predicted molar refractivity (Wildman–Crippen MR) is 85.8 cm³/mol. The molecule has 3 fully saturated rings. The van der Waals surface area contributed by atoms with Crippen molar-refractivity contribution >= 4 is 5.78 Å². The number of ketones is 1. The van der Waals surface area contributed by atoms with E-state index in [1.807, 2.05) is 6.92 Å². The van der Waals surface area contributed by atoms with Crippen LogP contribution in [-0.2, 0) is 4.79 Å². The molecule has 0 saturated heterocycles. The minimum Gasteiger partial charge on any atom is -0.369 e. The van der Waals surface area contributed by atoms with Gasteiger partial charge in [0, 0.05) is 11.8 Å². The zero-order valence-electron chi connectivity index (χ0n) is 13.7. The van der Waals surface area contributed by atoms with Crippen molar-refractivity contribution in [2.45, 2.75) is 64.5 Å². The van der Waals surface area contributed by atoms with Crippen molar-refractivity contribution in [2.75, 3.05) is 0 Å². The van der Waals surface area contributed by atoms with Gasteiger partial charge >= 0.3 is 0 Å². The lowest BCUT2D eigenvalue weighted by molar-refractivity contribution is -0.144. The van der Waals surface area contributed by atoms with Crippen molar-refractivity contribution in [1.29, 1.82) is 0 Å². The number of nitrogens with two attached hydrogens (primary N) is 1. The number of carbonyl (C=O) groups is 1. The lowest BCUT2D eigenvalue weighted by Crippen LogP contribution is -2.58. The van der Waals surface area contributed by atoms with E-state index >= 15 is 0 Å². The van der Waals surface area contributed by atoms with Crippen LogP contribution in [0.25, 0.3) is 0 Å². The van der Waals surface area contributed by atoms with E-state index in [2.05, 4.69) is 19.1 Å². The molecule has 3 nitrogen and oxygen atoms in total.